The van der Waals surface area contributed by atoms with E-state index < -0.39 is 0 Å². The average molecular weight is 276 g/mol. The number of anilines is 1. The van der Waals surface area contributed by atoms with Gasteiger partial charge in [-0.25, -0.2) is 0 Å². The Morgan fingerprint density at radius 3 is 2.20 bits per heavy atom. The van der Waals surface area contributed by atoms with Crippen LogP contribution in [-0.4, -0.2) is 30.9 Å². The quantitative estimate of drug-likeness (QED) is 0.776. The van der Waals surface area contributed by atoms with Crippen molar-refractivity contribution in [3.63, 3.8) is 0 Å². The fraction of sp³-hybridized carbons (Fsp3) is 0.588. The molecule has 20 heavy (non-hydrogen) atoms. The molecule has 0 aliphatic heterocycles. The summed E-state index contributed by atoms with van der Waals surface area (Å²) in [6.07, 6.45) is 4.38. The molecule has 3 nitrogen and oxygen atoms in total. The van der Waals surface area contributed by atoms with Crippen molar-refractivity contribution >= 4 is 11.6 Å². The highest BCUT2D eigenvalue weighted by Gasteiger charge is 2.16. The molecule has 0 spiro atoms. The van der Waals surface area contributed by atoms with E-state index in [9.17, 15) is 4.79 Å². The first-order valence-corrected chi connectivity index (χ1v) is 7.71. The predicted octanol–water partition coefficient (Wildman–Crippen LogP) is 4.08. The van der Waals surface area contributed by atoms with Crippen LogP contribution in [0.5, 0.6) is 0 Å². The van der Waals surface area contributed by atoms with Crippen molar-refractivity contribution in [1.82, 2.24) is 4.90 Å². The van der Waals surface area contributed by atoms with Gasteiger partial charge in [0, 0.05) is 31.4 Å². The van der Waals surface area contributed by atoms with Gasteiger partial charge in [0.2, 0.25) is 0 Å². The van der Waals surface area contributed by atoms with Crippen molar-refractivity contribution in [2.45, 2.75) is 46.5 Å². The molecule has 0 radical (unpaired) electrons. The molecule has 0 aromatic heterocycles. The third kappa shape index (κ3) is 4.55. The van der Waals surface area contributed by atoms with Gasteiger partial charge in [-0.3, -0.25) is 4.79 Å². The molecule has 0 fully saturated rings. The van der Waals surface area contributed by atoms with E-state index >= 15 is 0 Å². The lowest BCUT2D eigenvalue weighted by atomic mass is 10.1. The Balaban J connectivity index is 2.86. The topological polar surface area (TPSA) is 32.3 Å². The predicted molar refractivity (Wildman–Crippen MR) is 86.4 cm³/mol. The van der Waals surface area contributed by atoms with Crippen molar-refractivity contribution in [2.75, 3.05) is 25.5 Å². The molecule has 1 rings (SSSR count). The third-order valence-corrected chi connectivity index (χ3v) is 3.60. The number of carbonyl (C=O) groups excluding carboxylic acids is 1. The molecular formula is C17H28N2O. The van der Waals surface area contributed by atoms with E-state index in [4.69, 9.17) is 0 Å². The van der Waals surface area contributed by atoms with Crippen LogP contribution in [-0.2, 0) is 0 Å². The first kappa shape index (κ1) is 16.5. The highest BCUT2D eigenvalue weighted by molar-refractivity contribution is 5.96. The summed E-state index contributed by atoms with van der Waals surface area (Å²) in [5.74, 6) is 0.173. The Morgan fingerprint density at radius 2 is 1.75 bits per heavy atom. The highest BCUT2D eigenvalue weighted by Crippen LogP contribution is 2.17. The van der Waals surface area contributed by atoms with Gasteiger partial charge in [-0.1, -0.05) is 26.7 Å². The van der Waals surface area contributed by atoms with Crippen LogP contribution in [0.2, 0.25) is 0 Å². The molecule has 1 aromatic rings. The Bertz CT molecular complexity index is 421. The smallest absolute Gasteiger partial charge is 0.254 e. The minimum atomic E-state index is 0.173. The first-order chi connectivity index (χ1) is 9.63. The van der Waals surface area contributed by atoms with Gasteiger partial charge in [0.05, 0.1) is 0 Å². The maximum Gasteiger partial charge on any atom is 0.254 e. The molecule has 1 N–H and O–H groups in total. The minimum Gasteiger partial charge on any atom is -0.388 e. The van der Waals surface area contributed by atoms with Crippen molar-refractivity contribution in [3.8, 4) is 0 Å². The van der Waals surface area contributed by atoms with Gasteiger partial charge >= 0.3 is 0 Å². The molecule has 0 saturated carbocycles. The maximum atomic E-state index is 12.7. The van der Waals surface area contributed by atoms with Gasteiger partial charge in [0.1, 0.15) is 0 Å². The molecule has 0 heterocycles. The zero-order valence-electron chi connectivity index (χ0n) is 13.3. The molecule has 0 aliphatic carbocycles. The van der Waals surface area contributed by atoms with Crippen molar-refractivity contribution < 1.29 is 4.79 Å². The zero-order valence-corrected chi connectivity index (χ0v) is 13.3. The zero-order chi connectivity index (χ0) is 15.0. The van der Waals surface area contributed by atoms with E-state index in [0.29, 0.717) is 0 Å². The third-order valence-electron chi connectivity index (χ3n) is 3.60. The van der Waals surface area contributed by atoms with Gasteiger partial charge in [-0.15, -0.1) is 0 Å². The Labute approximate surface area is 123 Å². The van der Waals surface area contributed by atoms with Gasteiger partial charge in [-0.2, -0.15) is 0 Å². The molecule has 0 aliphatic rings. The molecule has 0 unspecified atom stereocenters. The molecule has 0 atom stereocenters. The fourth-order valence-corrected chi connectivity index (χ4v) is 2.24. The van der Waals surface area contributed by atoms with Crippen LogP contribution in [0.3, 0.4) is 0 Å². The van der Waals surface area contributed by atoms with Crippen LogP contribution in [0.15, 0.2) is 18.2 Å². The van der Waals surface area contributed by atoms with Gasteiger partial charge < -0.3 is 10.2 Å². The molecule has 0 saturated heterocycles. The molecular weight excluding hydrogens is 248 g/mol. The highest BCUT2D eigenvalue weighted by atomic mass is 16.2. The Morgan fingerprint density at radius 1 is 1.15 bits per heavy atom. The van der Waals surface area contributed by atoms with Crippen LogP contribution in [0, 0.1) is 6.92 Å². The first-order valence-electron chi connectivity index (χ1n) is 7.71. The summed E-state index contributed by atoms with van der Waals surface area (Å²) in [5.41, 5.74) is 2.92. The standard InChI is InChI=1S/C17H28N2O/c1-5-7-11-19(12-8-6-2)17(20)16-10-9-15(18-4)13-14(16)3/h9-10,13,18H,5-8,11-12H2,1-4H3. The summed E-state index contributed by atoms with van der Waals surface area (Å²) in [6.45, 7) is 8.06. The summed E-state index contributed by atoms with van der Waals surface area (Å²) in [4.78, 5) is 14.7. The fourth-order valence-electron chi connectivity index (χ4n) is 2.24. The number of hydrogen-bond donors (Lipinski definition) is 1. The van der Waals surface area contributed by atoms with Crippen LogP contribution in [0.25, 0.3) is 0 Å². The second kappa shape index (κ2) is 8.62. The van der Waals surface area contributed by atoms with Crippen LogP contribution < -0.4 is 5.32 Å². The second-order valence-electron chi connectivity index (χ2n) is 5.28. The number of unbranched alkanes of at least 4 members (excludes halogenated alkanes) is 2. The average Bonchev–Trinajstić information content (AvgIpc) is 2.46. The van der Waals surface area contributed by atoms with E-state index in [0.717, 1.165) is 55.6 Å². The lowest BCUT2D eigenvalue weighted by Crippen LogP contribution is -2.33. The Kier molecular flexibility index (Phi) is 7.13. The summed E-state index contributed by atoms with van der Waals surface area (Å²) in [5, 5.41) is 3.11. The summed E-state index contributed by atoms with van der Waals surface area (Å²) < 4.78 is 0. The number of nitrogens with one attached hydrogen (secondary N) is 1. The normalized spacial score (nSPS) is 10.4. The number of aryl methyl sites for hydroxylation is 1. The second-order valence-corrected chi connectivity index (χ2v) is 5.28. The molecule has 0 bridgehead atoms. The molecule has 1 amide bonds. The van der Waals surface area contributed by atoms with Crippen LogP contribution >= 0.6 is 0 Å². The van der Waals surface area contributed by atoms with E-state index in [-0.39, 0.29) is 5.91 Å². The van der Waals surface area contributed by atoms with E-state index in [2.05, 4.69) is 19.2 Å². The van der Waals surface area contributed by atoms with Gasteiger partial charge in [0.25, 0.3) is 5.91 Å². The molecule has 112 valence electrons. The molecule has 1 aromatic carbocycles. The van der Waals surface area contributed by atoms with Crippen molar-refractivity contribution in [1.29, 1.82) is 0 Å². The summed E-state index contributed by atoms with van der Waals surface area (Å²) >= 11 is 0. The van der Waals surface area contributed by atoms with E-state index in [1.165, 1.54) is 0 Å². The SMILES string of the molecule is CCCCN(CCCC)C(=O)c1ccc(NC)cc1C. The number of benzene rings is 1. The van der Waals surface area contributed by atoms with Crippen molar-refractivity contribution in [2.24, 2.45) is 0 Å². The number of carbonyl (C=O) groups is 1. The molecule has 3 heteroatoms. The lowest BCUT2D eigenvalue weighted by Gasteiger charge is -2.23. The van der Waals surface area contributed by atoms with E-state index in [1.807, 2.05) is 37.1 Å². The van der Waals surface area contributed by atoms with Gasteiger partial charge in [0.15, 0.2) is 0 Å². The number of nitrogens with zero attached hydrogens (tertiary/aromatic N) is 1. The monoisotopic (exact) mass is 276 g/mol. The Hall–Kier alpha value is -1.51. The van der Waals surface area contributed by atoms with E-state index in [1.54, 1.807) is 0 Å². The van der Waals surface area contributed by atoms with Crippen LogP contribution in [0.4, 0.5) is 5.69 Å². The maximum absolute atomic E-state index is 12.7. The van der Waals surface area contributed by atoms with Crippen LogP contribution in [0.1, 0.15) is 55.5 Å². The number of hydrogen-bond acceptors (Lipinski definition) is 2. The summed E-state index contributed by atoms with van der Waals surface area (Å²) in [6, 6.07) is 5.94. The minimum absolute atomic E-state index is 0.173. The van der Waals surface area contributed by atoms with Gasteiger partial charge in [-0.05, 0) is 43.5 Å². The number of rotatable bonds is 8. The number of amides is 1. The van der Waals surface area contributed by atoms with Crippen molar-refractivity contribution in [3.05, 3.63) is 29.3 Å². The lowest BCUT2D eigenvalue weighted by molar-refractivity contribution is 0.0750. The summed E-state index contributed by atoms with van der Waals surface area (Å²) in [7, 11) is 1.89. The largest absolute Gasteiger partial charge is 0.388 e.